The van der Waals surface area contributed by atoms with Gasteiger partial charge in [0.2, 0.25) is 5.90 Å². The summed E-state index contributed by atoms with van der Waals surface area (Å²) in [5.74, 6) is 0.775. The van der Waals surface area contributed by atoms with Gasteiger partial charge in [-0.2, -0.15) is 0 Å². The first-order chi connectivity index (χ1) is 6.45. The molecule has 0 radical (unpaired) electrons. The molecule has 0 atom stereocenters. The van der Waals surface area contributed by atoms with Gasteiger partial charge >= 0.3 is 0 Å². The first kappa shape index (κ1) is 8.26. The molecule has 1 fully saturated rings. The minimum Gasteiger partial charge on any atom is -0.478 e. The molecule has 1 saturated heterocycles. The molecule has 0 spiro atoms. The maximum atomic E-state index is 5.37. The number of nitrogens with one attached hydrogen (secondary N) is 1. The van der Waals surface area contributed by atoms with Crippen LogP contribution in [0.15, 0.2) is 35.3 Å². The Kier molecular flexibility index (Phi) is 2.57. The number of rotatable bonds is 1. The van der Waals surface area contributed by atoms with Crippen molar-refractivity contribution < 1.29 is 4.74 Å². The average Bonchev–Trinajstić information content (AvgIpc) is 2.21. The summed E-state index contributed by atoms with van der Waals surface area (Å²) < 4.78 is 5.37. The lowest BCUT2D eigenvalue weighted by Crippen LogP contribution is -2.34. The van der Waals surface area contributed by atoms with Gasteiger partial charge in [0, 0.05) is 6.54 Å². The Hall–Kier alpha value is -1.35. The molecule has 68 valence electrons. The quantitative estimate of drug-likeness (QED) is 0.700. The second kappa shape index (κ2) is 4.05. The number of nitrogens with zero attached hydrogens (tertiary/aromatic N) is 1. The molecule has 0 bridgehead atoms. The fourth-order valence-electron chi connectivity index (χ4n) is 1.21. The van der Waals surface area contributed by atoms with Gasteiger partial charge in [0.15, 0.2) is 0 Å². The topological polar surface area (TPSA) is 33.6 Å². The van der Waals surface area contributed by atoms with Gasteiger partial charge in [0.25, 0.3) is 0 Å². The summed E-state index contributed by atoms with van der Waals surface area (Å²) in [6.45, 7) is 2.36. The Morgan fingerprint density at radius 2 is 2.08 bits per heavy atom. The highest BCUT2D eigenvalue weighted by Gasteiger charge is 2.05. The molecule has 3 nitrogen and oxygen atoms in total. The molecule has 1 N–H and O–H groups in total. The van der Waals surface area contributed by atoms with Crippen LogP contribution in [0.1, 0.15) is 0 Å². The van der Waals surface area contributed by atoms with Gasteiger partial charge in [-0.3, -0.25) is 0 Å². The summed E-state index contributed by atoms with van der Waals surface area (Å²) in [5, 5.41) is 3.20. The molecular formula is C10H12N2O. The lowest BCUT2D eigenvalue weighted by Gasteiger charge is -2.15. The number of benzene rings is 1. The van der Waals surface area contributed by atoms with Crippen LogP contribution in [-0.2, 0) is 4.74 Å². The zero-order chi connectivity index (χ0) is 8.93. The monoisotopic (exact) mass is 176 g/mol. The molecule has 1 aliphatic rings. The second-order valence-corrected chi connectivity index (χ2v) is 2.87. The van der Waals surface area contributed by atoms with E-state index in [-0.39, 0.29) is 0 Å². The van der Waals surface area contributed by atoms with Gasteiger partial charge in [-0.15, -0.1) is 0 Å². The number of para-hydroxylation sites is 1. The summed E-state index contributed by atoms with van der Waals surface area (Å²) in [5.41, 5.74) is 0.946. The average molecular weight is 176 g/mol. The van der Waals surface area contributed by atoms with Crippen molar-refractivity contribution in [2.45, 2.75) is 0 Å². The molecule has 1 aromatic carbocycles. The van der Waals surface area contributed by atoms with E-state index in [1.54, 1.807) is 0 Å². The van der Waals surface area contributed by atoms with E-state index in [9.17, 15) is 0 Å². The molecule has 0 aromatic heterocycles. The van der Waals surface area contributed by atoms with E-state index in [0.29, 0.717) is 6.61 Å². The summed E-state index contributed by atoms with van der Waals surface area (Å²) in [7, 11) is 0. The van der Waals surface area contributed by atoms with Crippen molar-refractivity contribution in [3.63, 3.8) is 0 Å². The summed E-state index contributed by atoms with van der Waals surface area (Å²) in [6.07, 6.45) is 0. The molecule has 0 unspecified atom stereocenters. The highest BCUT2D eigenvalue weighted by molar-refractivity contribution is 5.81. The minimum absolute atomic E-state index is 0.714. The number of hydrogen-bond acceptors (Lipinski definition) is 3. The Labute approximate surface area is 77.4 Å². The van der Waals surface area contributed by atoms with Gasteiger partial charge in [-0.1, -0.05) is 18.2 Å². The van der Waals surface area contributed by atoms with Gasteiger partial charge in [0.1, 0.15) is 6.61 Å². The summed E-state index contributed by atoms with van der Waals surface area (Å²) >= 11 is 0. The van der Waals surface area contributed by atoms with Crippen molar-refractivity contribution in [3.8, 4) is 0 Å². The van der Waals surface area contributed by atoms with Gasteiger partial charge < -0.3 is 10.1 Å². The van der Waals surface area contributed by atoms with E-state index in [4.69, 9.17) is 4.74 Å². The standard InChI is InChI=1S/C10H12N2O/c1-2-4-9(5-3-1)12-10-8-11-6-7-13-10/h1-5,11H,6-8H2. The number of morpholine rings is 1. The van der Waals surface area contributed by atoms with Crippen LogP contribution in [0.5, 0.6) is 0 Å². The zero-order valence-corrected chi connectivity index (χ0v) is 7.36. The first-order valence-corrected chi connectivity index (χ1v) is 4.41. The van der Waals surface area contributed by atoms with Crippen LogP contribution >= 0.6 is 0 Å². The van der Waals surface area contributed by atoms with Crippen LogP contribution in [0, 0.1) is 0 Å². The fraction of sp³-hybridized carbons (Fsp3) is 0.300. The van der Waals surface area contributed by atoms with E-state index in [0.717, 1.165) is 24.7 Å². The van der Waals surface area contributed by atoms with E-state index >= 15 is 0 Å². The molecule has 0 amide bonds. The molecule has 2 rings (SSSR count). The Morgan fingerprint density at radius 1 is 1.23 bits per heavy atom. The van der Waals surface area contributed by atoms with Gasteiger partial charge in [-0.05, 0) is 12.1 Å². The molecule has 1 heterocycles. The molecule has 0 saturated carbocycles. The Bertz CT molecular complexity index is 287. The van der Waals surface area contributed by atoms with E-state index in [1.165, 1.54) is 0 Å². The molecule has 1 aromatic rings. The molecule has 1 aliphatic heterocycles. The van der Waals surface area contributed by atoms with E-state index in [2.05, 4.69) is 10.3 Å². The minimum atomic E-state index is 0.714. The third-order valence-corrected chi connectivity index (χ3v) is 1.83. The summed E-state index contributed by atoms with van der Waals surface area (Å²) in [6, 6.07) is 9.84. The van der Waals surface area contributed by atoms with Crippen molar-refractivity contribution in [2.75, 3.05) is 19.7 Å². The second-order valence-electron chi connectivity index (χ2n) is 2.87. The first-order valence-electron chi connectivity index (χ1n) is 4.41. The van der Waals surface area contributed by atoms with Crippen LogP contribution in [0.3, 0.4) is 0 Å². The number of ether oxygens (including phenoxy) is 1. The third kappa shape index (κ3) is 2.29. The predicted molar refractivity (Wildman–Crippen MR) is 52.4 cm³/mol. The van der Waals surface area contributed by atoms with Crippen molar-refractivity contribution >= 4 is 11.6 Å². The highest BCUT2D eigenvalue weighted by atomic mass is 16.5. The lowest BCUT2D eigenvalue weighted by molar-refractivity contribution is 0.271. The lowest BCUT2D eigenvalue weighted by atomic mass is 10.3. The van der Waals surface area contributed by atoms with Crippen LogP contribution in [0.2, 0.25) is 0 Å². The van der Waals surface area contributed by atoms with Crippen LogP contribution in [0.25, 0.3) is 0 Å². The normalized spacial score (nSPS) is 19.8. The van der Waals surface area contributed by atoms with Crippen LogP contribution in [0.4, 0.5) is 5.69 Å². The van der Waals surface area contributed by atoms with Crippen molar-refractivity contribution in [3.05, 3.63) is 30.3 Å². The third-order valence-electron chi connectivity index (χ3n) is 1.83. The van der Waals surface area contributed by atoms with Crippen molar-refractivity contribution in [1.82, 2.24) is 5.32 Å². The number of hydrogen-bond donors (Lipinski definition) is 1. The van der Waals surface area contributed by atoms with E-state index in [1.807, 2.05) is 30.3 Å². The molecule has 13 heavy (non-hydrogen) atoms. The Morgan fingerprint density at radius 3 is 2.77 bits per heavy atom. The number of aliphatic imine (C=N–C) groups is 1. The van der Waals surface area contributed by atoms with Gasteiger partial charge in [-0.25, -0.2) is 4.99 Å². The predicted octanol–water partition coefficient (Wildman–Crippen LogP) is 1.34. The summed E-state index contributed by atoms with van der Waals surface area (Å²) in [4.78, 5) is 4.35. The van der Waals surface area contributed by atoms with Crippen molar-refractivity contribution in [1.29, 1.82) is 0 Å². The highest BCUT2D eigenvalue weighted by Crippen LogP contribution is 2.10. The molecule has 3 heteroatoms. The van der Waals surface area contributed by atoms with E-state index < -0.39 is 0 Å². The largest absolute Gasteiger partial charge is 0.478 e. The molecule has 0 aliphatic carbocycles. The van der Waals surface area contributed by atoms with Gasteiger partial charge in [0.05, 0.1) is 12.2 Å². The van der Waals surface area contributed by atoms with Crippen LogP contribution in [-0.4, -0.2) is 25.6 Å². The smallest absolute Gasteiger partial charge is 0.202 e. The maximum Gasteiger partial charge on any atom is 0.202 e. The SMILES string of the molecule is c1ccc(N=C2CNCCO2)cc1. The van der Waals surface area contributed by atoms with Crippen LogP contribution < -0.4 is 5.32 Å². The molecular weight excluding hydrogens is 164 g/mol. The zero-order valence-electron chi connectivity index (χ0n) is 7.36. The van der Waals surface area contributed by atoms with Crippen molar-refractivity contribution in [2.24, 2.45) is 4.99 Å². The maximum absolute atomic E-state index is 5.37. The fourth-order valence-corrected chi connectivity index (χ4v) is 1.21. The Balaban J connectivity index is 2.10.